The molecule has 1 aromatic heterocycles. The molecule has 0 amide bonds. The van der Waals surface area contributed by atoms with Gasteiger partial charge in [0, 0.05) is 11.3 Å². The number of anilines is 1. The van der Waals surface area contributed by atoms with E-state index in [0.717, 1.165) is 22.6 Å². The highest BCUT2D eigenvalue weighted by Crippen LogP contribution is 2.17. The summed E-state index contributed by atoms with van der Waals surface area (Å²) in [6.07, 6.45) is 1.70. The van der Waals surface area contributed by atoms with Gasteiger partial charge in [0.15, 0.2) is 5.11 Å². The number of aryl methyl sites for hydroxylation is 1. The van der Waals surface area contributed by atoms with E-state index in [-0.39, 0.29) is 0 Å². The van der Waals surface area contributed by atoms with Crippen LogP contribution in [0, 0.1) is 6.92 Å². The van der Waals surface area contributed by atoms with Crippen molar-refractivity contribution in [1.82, 2.24) is 15.5 Å². The lowest BCUT2D eigenvalue weighted by molar-refractivity contribution is 0.363. The fraction of sp³-hybridized carbons (Fsp3) is 0.150. The zero-order valence-corrected chi connectivity index (χ0v) is 15.8. The van der Waals surface area contributed by atoms with Crippen LogP contribution >= 0.6 is 12.2 Å². The second-order valence-electron chi connectivity index (χ2n) is 5.81. The van der Waals surface area contributed by atoms with Crippen LogP contribution in [0.1, 0.15) is 11.5 Å². The molecule has 3 rings (SSSR count). The zero-order chi connectivity index (χ0) is 19.1. The number of hydrogen-bond acceptors (Lipinski definition) is 5. The Balaban J connectivity index is 1.51. The Hall–Kier alpha value is -3.19. The normalized spacial score (nSPS) is 10.3. The van der Waals surface area contributed by atoms with Crippen LogP contribution in [-0.4, -0.2) is 21.9 Å². The van der Waals surface area contributed by atoms with Crippen LogP contribution in [0.2, 0.25) is 0 Å². The number of nitrogens with zero attached hydrogens (tertiary/aromatic N) is 2. The summed E-state index contributed by atoms with van der Waals surface area (Å²) < 4.78 is 10.7. The molecule has 0 unspecified atom stereocenters. The maximum atomic E-state index is 5.44. The Labute approximate surface area is 163 Å². The van der Waals surface area contributed by atoms with Crippen molar-refractivity contribution in [3.63, 3.8) is 0 Å². The monoisotopic (exact) mass is 380 g/mol. The predicted octanol–water partition coefficient (Wildman–Crippen LogP) is 4.10. The number of ether oxygens (including phenoxy) is 1. The summed E-state index contributed by atoms with van der Waals surface area (Å²) in [4.78, 5) is 4.39. The van der Waals surface area contributed by atoms with E-state index in [9.17, 15) is 0 Å². The molecule has 0 saturated carbocycles. The van der Waals surface area contributed by atoms with Crippen LogP contribution in [0.5, 0.6) is 5.75 Å². The average Bonchev–Trinajstić information content (AvgIpc) is 3.15. The van der Waals surface area contributed by atoms with Crippen LogP contribution in [0.25, 0.3) is 11.4 Å². The van der Waals surface area contributed by atoms with Gasteiger partial charge < -0.3 is 19.9 Å². The molecule has 7 heteroatoms. The number of rotatable bonds is 7. The van der Waals surface area contributed by atoms with Gasteiger partial charge in [-0.1, -0.05) is 41.6 Å². The predicted molar refractivity (Wildman–Crippen MR) is 110 cm³/mol. The van der Waals surface area contributed by atoms with Crippen LogP contribution in [0.3, 0.4) is 0 Å². The minimum absolute atomic E-state index is 0.338. The molecule has 27 heavy (non-hydrogen) atoms. The number of nitrogens with one attached hydrogen (secondary N) is 2. The Morgan fingerprint density at radius 1 is 1.26 bits per heavy atom. The third-order valence-electron chi connectivity index (χ3n) is 3.62. The van der Waals surface area contributed by atoms with Crippen molar-refractivity contribution in [1.29, 1.82) is 0 Å². The van der Waals surface area contributed by atoms with E-state index in [2.05, 4.69) is 27.4 Å². The quantitative estimate of drug-likeness (QED) is 0.472. The number of aromatic nitrogens is 2. The van der Waals surface area contributed by atoms with Crippen molar-refractivity contribution >= 4 is 23.0 Å². The van der Waals surface area contributed by atoms with Gasteiger partial charge in [0.25, 0.3) is 0 Å². The lowest BCUT2D eigenvalue weighted by atomic mass is 10.1. The van der Waals surface area contributed by atoms with E-state index in [4.69, 9.17) is 21.5 Å². The van der Waals surface area contributed by atoms with Crippen LogP contribution in [0.4, 0.5) is 5.69 Å². The van der Waals surface area contributed by atoms with E-state index >= 15 is 0 Å². The fourth-order valence-corrected chi connectivity index (χ4v) is 2.54. The summed E-state index contributed by atoms with van der Waals surface area (Å²) in [7, 11) is 0. The Bertz CT molecular complexity index is 922. The molecule has 0 saturated heterocycles. The number of thiocarbonyl (C=S) groups is 1. The van der Waals surface area contributed by atoms with Crippen molar-refractivity contribution in [2.75, 3.05) is 11.9 Å². The third kappa shape index (κ3) is 5.39. The van der Waals surface area contributed by atoms with Crippen molar-refractivity contribution in [3.05, 3.63) is 72.6 Å². The maximum Gasteiger partial charge on any atom is 0.246 e. The molecular formula is C20H20N4O2S. The van der Waals surface area contributed by atoms with Gasteiger partial charge in [0.05, 0.1) is 6.54 Å². The van der Waals surface area contributed by atoms with E-state index in [1.807, 2.05) is 55.5 Å². The lowest BCUT2D eigenvalue weighted by Gasteiger charge is -2.09. The molecule has 138 valence electrons. The molecule has 2 aromatic carbocycles. The van der Waals surface area contributed by atoms with E-state index < -0.39 is 0 Å². The molecule has 1 heterocycles. The van der Waals surface area contributed by atoms with Crippen LogP contribution in [-0.2, 0) is 6.54 Å². The Morgan fingerprint density at radius 3 is 2.81 bits per heavy atom. The molecule has 0 spiro atoms. The Morgan fingerprint density at radius 2 is 2.07 bits per heavy atom. The van der Waals surface area contributed by atoms with E-state index in [1.165, 1.54) is 0 Å². The topological polar surface area (TPSA) is 72.2 Å². The molecule has 2 N–H and O–H groups in total. The van der Waals surface area contributed by atoms with Crippen molar-refractivity contribution < 1.29 is 9.26 Å². The van der Waals surface area contributed by atoms with Gasteiger partial charge in [0.2, 0.25) is 11.7 Å². The Kier molecular flexibility index (Phi) is 6.17. The third-order valence-corrected chi connectivity index (χ3v) is 3.87. The highest BCUT2D eigenvalue weighted by atomic mass is 32.1. The highest BCUT2D eigenvalue weighted by molar-refractivity contribution is 7.80. The molecular weight excluding hydrogens is 360 g/mol. The molecule has 0 atom stereocenters. The van der Waals surface area contributed by atoms with Gasteiger partial charge in [-0.2, -0.15) is 4.98 Å². The fourth-order valence-electron chi connectivity index (χ4n) is 2.35. The molecule has 0 bridgehead atoms. The minimum Gasteiger partial charge on any atom is -0.490 e. The first-order valence-electron chi connectivity index (χ1n) is 8.42. The van der Waals surface area contributed by atoms with Gasteiger partial charge >= 0.3 is 0 Å². The van der Waals surface area contributed by atoms with Crippen LogP contribution in [0.15, 0.2) is 65.7 Å². The SMILES string of the molecule is C=CCOc1ccc(NC(=S)NCc2nc(-c3cccc(C)c3)no2)cc1. The van der Waals surface area contributed by atoms with Crippen LogP contribution < -0.4 is 15.4 Å². The summed E-state index contributed by atoms with van der Waals surface area (Å²) in [5, 5.41) is 10.6. The second kappa shape index (κ2) is 8.95. The highest BCUT2D eigenvalue weighted by Gasteiger charge is 2.09. The van der Waals surface area contributed by atoms with E-state index in [0.29, 0.717) is 30.0 Å². The van der Waals surface area contributed by atoms with Crippen molar-refractivity contribution in [3.8, 4) is 17.1 Å². The summed E-state index contributed by atoms with van der Waals surface area (Å²) >= 11 is 5.30. The van der Waals surface area contributed by atoms with Gasteiger partial charge in [-0.05, 0) is 49.5 Å². The summed E-state index contributed by atoms with van der Waals surface area (Å²) in [6.45, 7) is 6.45. The second-order valence-corrected chi connectivity index (χ2v) is 6.22. The largest absolute Gasteiger partial charge is 0.490 e. The molecule has 0 radical (unpaired) electrons. The first-order valence-corrected chi connectivity index (χ1v) is 8.83. The van der Waals surface area contributed by atoms with Gasteiger partial charge in [-0.3, -0.25) is 0 Å². The van der Waals surface area contributed by atoms with Gasteiger partial charge in [-0.15, -0.1) is 0 Å². The molecule has 6 nitrogen and oxygen atoms in total. The molecule has 3 aromatic rings. The number of benzene rings is 2. The van der Waals surface area contributed by atoms with Gasteiger partial charge in [-0.25, -0.2) is 0 Å². The standard InChI is InChI=1S/C20H20N4O2S/c1-3-11-25-17-9-7-16(8-10-17)22-20(27)21-13-18-23-19(24-26-18)15-6-4-5-14(2)12-15/h3-10,12H,1,11,13H2,2H3,(H2,21,22,27). The molecule has 0 aliphatic heterocycles. The minimum atomic E-state index is 0.338. The summed E-state index contributed by atoms with van der Waals surface area (Å²) in [5.41, 5.74) is 2.91. The molecule has 0 aliphatic carbocycles. The number of hydrogen-bond donors (Lipinski definition) is 2. The average molecular weight is 380 g/mol. The summed E-state index contributed by atoms with van der Waals surface area (Å²) in [5.74, 6) is 1.79. The van der Waals surface area contributed by atoms with Crippen molar-refractivity contribution in [2.24, 2.45) is 0 Å². The first-order chi connectivity index (χ1) is 13.1. The zero-order valence-electron chi connectivity index (χ0n) is 14.9. The lowest BCUT2D eigenvalue weighted by Crippen LogP contribution is -2.27. The smallest absolute Gasteiger partial charge is 0.246 e. The maximum absolute atomic E-state index is 5.44. The first kappa shape index (κ1) is 18.6. The van der Waals surface area contributed by atoms with Gasteiger partial charge in [0.1, 0.15) is 12.4 Å². The summed E-state index contributed by atoms with van der Waals surface area (Å²) in [6, 6.07) is 15.4. The van der Waals surface area contributed by atoms with Crippen molar-refractivity contribution in [2.45, 2.75) is 13.5 Å². The van der Waals surface area contributed by atoms with E-state index in [1.54, 1.807) is 6.08 Å². The molecule has 0 aliphatic rings. The molecule has 0 fully saturated rings.